The van der Waals surface area contributed by atoms with Crippen LogP contribution in [0, 0.1) is 6.92 Å². The Kier molecular flexibility index (Phi) is 6.95. The molecule has 170 valence electrons. The summed E-state index contributed by atoms with van der Waals surface area (Å²) in [7, 11) is 0. The lowest BCUT2D eigenvalue weighted by Gasteiger charge is -2.18. The maximum Gasteiger partial charge on any atom is 0.267 e. The number of thioether (sulfide) groups is 1. The van der Waals surface area contributed by atoms with E-state index < -0.39 is 0 Å². The number of anilines is 1. The van der Waals surface area contributed by atoms with Gasteiger partial charge in [0.25, 0.3) is 11.5 Å². The van der Waals surface area contributed by atoms with Crippen LogP contribution in [0.3, 0.4) is 0 Å². The van der Waals surface area contributed by atoms with Crippen LogP contribution in [0.2, 0.25) is 0 Å². The zero-order chi connectivity index (χ0) is 23.5. The second-order valence-electron chi connectivity index (χ2n) is 8.03. The van der Waals surface area contributed by atoms with Crippen LogP contribution in [-0.2, 0) is 4.79 Å². The number of carbonyl (C=O) groups is 1. The number of hydrogen-bond donors (Lipinski definition) is 1. The highest BCUT2D eigenvalue weighted by Crippen LogP contribution is 2.33. The Morgan fingerprint density at radius 1 is 1.18 bits per heavy atom. The Balaban J connectivity index is 1.81. The van der Waals surface area contributed by atoms with E-state index in [4.69, 9.17) is 17.2 Å². The average Bonchev–Trinajstić information content (AvgIpc) is 3.08. The summed E-state index contributed by atoms with van der Waals surface area (Å²) in [5, 5.41) is 3.40. The average molecular weight is 479 g/mol. The van der Waals surface area contributed by atoms with Crippen LogP contribution < -0.4 is 10.9 Å². The second-order valence-corrected chi connectivity index (χ2v) is 9.70. The van der Waals surface area contributed by atoms with Crippen LogP contribution in [0.4, 0.5) is 5.82 Å². The van der Waals surface area contributed by atoms with E-state index in [9.17, 15) is 9.59 Å². The second kappa shape index (κ2) is 9.89. The van der Waals surface area contributed by atoms with Crippen molar-refractivity contribution in [2.24, 2.45) is 0 Å². The van der Waals surface area contributed by atoms with E-state index in [1.54, 1.807) is 17.2 Å². The van der Waals surface area contributed by atoms with Gasteiger partial charge in [-0.2, -0.15) is 0 Å². The largest absolute Gasteiger partial charge is 0.363 e. The highest BCUT2D eigenvalue weighted by atomic mass is 32.2. The van der Waals surface area contributed by atoms with Gasteiger partial charge >= 0.3 is 0 Å². The van der Waals surface area contributed by atoms with Gasteiger partial charge in [0.15, 0.2) is 0 Å². The molecule has 6 nitrogen and oxygen atoms in total. The van der Waals surface area contributed by atoms with Gasteiger partial charge in [0.2, 0.25) is 0 Å². The van der Waals surface area contributed by atoms with Gasteiger partial charge in [-0.15, -0.1) is 0 Å². The molecule has 1 N–H and O–H groups in total. The molecule has 0 saturated carbocycles. The summed E-state index contributed by atoms with van der Waals surface area (Å²) in [4.78, 5) is 33.4. The minimum Gasteiger partial charge on any atom is -0.363 e. The molecule has 0 aliphatic carbocycles. The first-order valence-electron chi connectivity index (χ1n) is 11.0. The van der Waals surface area contributed by atoms with Crippen LogP contribution >= 0.6 is 24.0 Å². The molecule has 0 unspecified atom stereocenters. The van der Waals surface area contributed by atoms with Crippen LogP contribution in [-0.4, -0.2) is 31.1 Å². The molecule has 3 heterocycles. The number of carbonyl (C=O) groups excluding carboxylic acids is 1. The molecule has 8 heteroatoms. The normalized spacial score (nSPS) is 16.1. The smallest absolute Gasteiger partial charge is 0.267 e. The van der Waals surface area contributed by atoms with Crippen LogP contribution in [0.5, 0.6) is 0 Å². The molecule has 2 aromatic heterocycles. The molecule has 1 aromatic carbocycles. The standard InChI is InChI=1S/C25H26N4O2S2/c1-4-5-13-29-24(31)20(33-25(29)32)15-19-21(26-17(3)18-11-7-6-8-12-18)27-22-16(2)10-9-14-28(22)23(19)30/h6-12,14-15,17,26H,4-5,13H2,1-3H3/b20-15-/t17-/m0/s1. The molecule has 0 spiro atoms. The van der Waals surface area contributed by atoms with Crippen molar-refractivity contribution >= 4 is 51.7 Å². The fraction of sp³-hybridized carbons (Fsp3) is 0.280. The number of aryl methyl sites for hydroxylation is 1. The summed E-state index contributed by atoms with van der Waals surface area (Å²) in [5.74, 6) is 0.290. The number of amides is 1. The predicted octanol–water partition coefficient (Wildman–Crippen LogP) is 5.18. The minimum absolute atomic E-state index is 0.0872. The molecule has 0 bridgehead atoms. The highest BCUT2D eigenvalue weighted by Gasteiger charge is 2.32. The quantitative estimate of drug-likeness (QED) is 0.373. The molecule has 33 heavy (non-hydrogen) atoms. The number of thiocarbonyl (C=S) groups is 1. The first-order chi connectivity index (χ1) is 15.9. The lowest BCUT2D eigenvalue weighted by atomic mass is 10.1. The third kappa shape index (κ3) is 4.72. The summed E-state index contributed by atoms with van der Waals surface area (Å²) < 4.78 is 2.05. The maximum atomic E-state index is 13.5. The first-order valence-corrected chi connectivity index (χ1v) is 12.2. The lowest BCUT2D eigenvalue weighted by Crippen LogP contribution is -2.29. The summed E-state index contributed by atoms with van der Waals surface area (Å²) in [6.07, 6.45) is 5.18. The predicted molar refractivity (Wildman–Crippen MR) is 139 cm³/mol. The Bertz CT molecular complexity index is 1300. The van der Waals surface area contributed by atoms with Gasteiger partial charge in [0.1, 0.15) is 15.8 Å². The van der Waals surface area contributed by atoms with E-state index in [0.717, 1.165) is 24.0 Å². The third-order valence-corrected chi connectivity index (χ3v) is 7.00. The number of aromatic nitrogens is 2. The lowest BCUT2D eigenvalue weighted by molar-refractivity contribution is -0.122. The van der Waals surface area contributed by atoms with Crippen molar-refractivity contribution in [3.05, 3.63) is 80.6 Å². The molecule has 1 saturated heterocycles. The minimum atomic E-state index is -0.231. The molecule has 1 atom stereocenters. The molecule has 1 aliphatic rings. The van der Waals surface area contributed by atoms with Crippen molar-refractivity contribution in [1.82, 2.24) is 14.3 Å². The van der Waals surface area contributed by atoms with Gasteiger partial charge in [-0.3, -0.25) is 18.9 Å². The number of fused-ring (bicyclic) bond motifs is 1. The van der Waals surface area contributed by atoms with Crippen molar-refractivity contribution < 1.29 is 4.79 Å². The van der Waals surface area contributed by atoms with Crippen LogP contribution in [0.1, 0.15) is 49.4 Å². The fourth-order valence-electron chi connectivity index (χ4n) is 3.72. The molecule has 1 aliphatic heterocycles. The van der Waals surface area contributed by atoms with Crippen molar-refractivity contribution in [3.63, 3.8) is 0 Å². The number of hydrogen-bond acceptors (Lipinski definition) is 6. The van der Waals surface area contributed by atoms with E-state index in [-0.39, 0.29) is 17.5 Å². The van der Waals surface area contributed by atoms with Gasteiger partial charge in [0, 0.05) is 18.8 Å². The summed E-state index contributed by atoms with van der Waals surface area (Å²) >= 11 is 6.66. The summed E-state index contributed by atoms with van der Waals surface area (Å²) in [6, 6.07) is 13.6. The van der Waals surface area contributed by atoms with Crippen molar-refractivity contribution in [2.45, 2.75) is 39.7 Å². The Morgan fingerprint density at radius 2 is 1.94 bits per heavy atom. The fourth-order valence-corrected chi connectivity index (χ4v) is 5.01. The van der Waals surface area contributed by atoms with Crippen LogP contribution in [0.15, 0.2) is 58.4 Å². The van der Waals surface area contributed by atoms with Gasteiger partial charge in [0.05, 0.1) is 10.5 Å². The van der Waals surface area contributed by atoms with Crippen LogP contribution in [0.25, 0.3) is 11.7 Å². The molecule has 3 aromatic rings. The number of unbranched alkanes of at least 4 members (excludes halogenated alkanes) is 1. The summed E-state index contributed by atoms with van der Waals surface area (Å²) in [5.41, 5.74) is 2.66. The maximum absolute atomic E-state index is 13.5. The van der Waals surface area contributed by atoms with Gasteiger partial charge in [-0.25, -0.2) is 4.98 Å². The molecule has 1 amide bonds. The molecular weight excluding hydrogens is 452 g/mol. The SMILES string of the molecule is CCCCN1C(=O)/C(=C/c2c(N[C@@H](C)c3ccccc3)nc3c(C)cccn3c2=O)SC1=S. The first kappa shape index (κ1) is 23.2. The molecule has 1 fully saturated rings. The summed E-state index contributed by atoms with van der Waals surface area (Å²) in [6.45, 7) is 6.60. The topological polar surface area (TPSA) is 66.7 Å². The number of nitrogens with zero attached hydrogens (tertiary/aromatic N) is 3. The van der Waals surface area contributed by atoms with Gasteiger partial charge in [-0.05, 0) is 43.5 Å². The highest BCUT2D eigenvalue weighted by molar-refractivity contribution is 8.26. The zero-order valence-electron chi connectivity index (χ0n) is 18.9. The van der Waals surface area contributed by atoms with Crippen molar-refractivity contribution in [2.75, 3.05) is 11.9 Å². The van der Waals surface area contributed by atoms with Crippen molar-refractivity contribution in [1.29, 1.82) is 0 Å². The number of benzene rings is 1. The number of pyridine rings is 1. The van der Waals surface area contributed by atoms with Crippen molar-refractivity contribution in [3.8, 4) is 0 Å². The third-order valence-electron chi connectivity index (χ3n) is 5.62. The van der Waals surface area contributed by atoms with E-state index in [1.165, 1.54) is 16.2 Å². The number of nitrogens with one attached hydrogen (secondary N) is 1. The van der Waals surface area contributed by atoms with E-state index in [0.29, 0.717) is 32.8 Å². The Morgan fingerprint density at radius 3 is 2.67 bits per heavy atom. The van der Waals surface area contributed by atoms with Gasteiger partial charge < -0.3 is 5.32 Å². The monoisotopic (exact) mass is 478 g/mol. The van der Waals surface area contributed by atoms with Gasteiger partial charge in [-0.1, -0.05) is 73.7 Å². The van der Waals surface area contributed by atoms with E-state index in [2.05, 4.69) is 12.2 Å². The Labute approximate surface area is 202 Å². The molecule has 4 rings (SSSR count). The zero-order valence-corrected chi connectivity index (χ0v) is 20.5. The number of rotatable bonds is 7. The molecular formula is C25H26N4O2S2. The molecule has 0 radical (unpaired) electrons. The van der Waals surface area contributed by atoms with E-state index >= 15 is 0 Å². The Hall–Kier alpha value is -2.97. The van der Waals surface area contributed by atoms with E-state index in [1.807, 2.05) is 56.3 Å².